The summed E-state index contributed by atoms with van der Waals surface area (Å²) >= 11 is 0. The molecule has 1 atom stereocenters. The van der Waals surface area contributed by atoms with Crippen LogP contribution in [0, 0.1) is 6.92 Å². The van der Waals surface area contributed by atoms with Gasteiger partial charge in [0.2, 0.25) is 0 Å². The SMILES string of the molecule is CNC(=O)c1cc(N2CC[C@H](c3cc(C(=O)Nc4cccc(C(F)(F)F)c4)ccc3C)C2)ccn1. The molecule has 1 saturated heterocycles. The molecular formula is C26H25F3N4O2. The molecule has 1 aliphatic heterocycles. The first kappa shape index (κ1) is 24.3. The third-order valence-corrected chi connectivity index (χ3v) is 6.19. The van der Waals surface area contributed by atoms with Crippen molar-refractivity contribution in [1.82, 2.24) is 10.3 Å². The van der Waals surface area contributed by atoms with Crippen LogP contribution in [0.1, 0.15) is 49.9 Å². The number of anilines is 2. The Bertz CT molecular complexity index is 1260. The summed E-state index contributed by atoms with van der Waals surface area (Å²) in [6.45, 7) is 3.46. The number of aryl methyl sites for hydroxylation is 1. The average Bonchev–Trinajstić information content (AvgIpc) is 3.33. The van der Waals surface area contributed by atoms with Crippen molar-refractivity contribution in [3.05, 3.63) is 88.7 Å². The number of alkyl halides is 3. The van der Waals surface area contributed by atoms with E-state index in [4.69, 9.17) is 0 Å². The van der Waals surface area contributed by atoms with Gasteiger partial charge < -0.3 is 15.5 Å². The fourth-order valence-electron chi connectivity index (χ4n) is 4.32. The summed E-state index contributed by atoms with van der Waals surface area (Å²) in [6.07, 6.45) is -2.02. The molecule has 0 saturated carbocycles. The number of aromatic nitrogens is 1. The van der Waals surface area contributed by atoms with Gasteiger partial charge in [-0.3, -0.25) is 14.6 Å². The van der Waals surface area contributed by atoms with Crippen molar-refractivity contribution < 1.29 is 22.8 Å². The largest absolute Gasteiger partial charge is 0.416 e. The van der Waals surface area contributed by atoms with Crippen molar-refractivity contribution in [3.8, 4) is 0 Å². The Morgan fingerprint density at radius 1 is 1.06 bits per heavy atom. The molecule has 2 aromatic carbocycles. The zero-order valence-corrected chi connectivity index (χ0v) is 19.3. The fourth-order valence-corrected chi connectivity index (χ4v) is 4.32. The van der Waals surface area contributed by atoms with Crippen LogP contribution >= 0.6 is 0 Å². The minimum atomic E-state index is -4.48. The molecule has 1 fully saturated rings. The van der Waals surface area contributed by atoms with Gasteiger partial charge in [-0.15, -0.1) is 0 Å². The minimum absolute atomic E-state index is 0.0867. The number of nitrogens with zero attached hydrogens (tertiary/aromatic N) is 2. The molecule has 0 unspecified atom stereocenters. The average molecular weight is 483 g/mol. The van der Waals surface area contributed by atoms with E-state index in [0.29, 0.717) is 17.8 Å². The number of carbonyl (C=O) groups excluding carboxylic acids is 2. The molecule has 0 radical (unpaired) electrons. The smallest absolute Gasteiger partial charge is 0.371 e. The molecule has 2 amide bonds. The van der Waals surface area contributed by atoms with E-state index in [2.05, 4.69) is 20.5 Å². The number of nitrogens with one attached hydrogen (secondary N) is 2. The van der Waals surface area contributed by atoms with Gasteiger partial charge in [0.1, 0.15) is 5.69 Å². The number of halogens is 3. The summed E-state index contributed by atoms with van der Waals surface area (Å²) in [6, 6.07) is 13.5. The summed E-state index contributed by atoms with van der Waals surface area (Å²) < 4.78 is 39.0. The molecule has 4 rings (SSSR count). The van der Waals surface area contributed by atoms with Crippen LogP contribution in [0.5, 0.6) is 0 Å². The first-order valence-electron chi connectivity index (χ1n) is 11.2. The van der Waals surface area contributed by atoms with Gasteiger partial charge in [-0.05, 0) is 66.9 Å². The quantitative estimate of drug-likeness (QED) is 0.536. The lowest BCUT2D eigenvalue weighted by atomic mass is 9.92. The Balaban J connectivity index is 1.50. The van der Waals surface area contributed by atoms with E-state index in [1.807, 2.05) is 25.1 Å². The van der Waals surface area contributed by atoms with Gasteiger partial charge in [0.05, 0.1) is 5.56 Å². The molecule has 2 heterocycles. The van der Waals surface area contributed by atoms with Crippen LogP contribution < -0.4 is 15.5 Å². The predicted octanol–water partition coefficient (Wildman–Crippen LogP) is 5.01. The predicted molar refractivity (Wildman–Crippen MR) is 128 cm³/mol. The summed E-state index contributed by atoms with van der Waals surface area (Å²) in [5, 5.41) is 5.14. The van der Waals surface area contributed by atoms with Crippen LogP contribution in [-0.2, 0) is 6.18 Å². The van der Waals surface area contributed by atoms with Gasteiger partial charge in [0, 0.05) is 49.2 Å². The Morgan fingerprint density at radius 2 is 1.86 bits per heavy atom. The van der Waals surface area contributed by atoms with Crippen LogP contribution in [0.25, 0.3) is 0 Å². The standard InChI is InChI=1S/C26H25F3N4O2/c1-16-6-7-17(24(34)32-20-5-3-4-19(13-20)26(27,28)29)12-22(16)18-9-11-33(15-18)21-8-10-31-23(14-21)25(35)30-2/h3-8,10,12-14,18H,9,11,15H2,1-2H3,(H,30,35)(H,32,34)/t18-/m0/s1. The lowest BCUT2D eigenvalue weighted by Crippen LogP contribution is -2.22. The lowest BCUT2D eigenvalue weighted by molar-refractivity contribution is -0.137. The first-order valence-corrected chi connectivity index (χ1v) is 11.2. The highest BCUT2D eigenvalue weighted by atomic mass is 19.4. The first-order chi connectivity index (χ1) is 16.7. The van der Waals surface area contributed by atoms with Gasteiger partial charge in [-0.2, -0.15) is 13.2 Å². The van der Waals surface area contributed by atoms with Crippen LogP contribution in [0.2, 0.25) is 0 Å². The van der Waals surface area contributed by atoms with Crippen LogP contribution in [0.4, 0.5) is 24.5 Å². The van der Waals surface area contributed by atoms with Crippen molar-refractivity contribution in [2.45, 2.75) is 25.4 Å². The number of hydrogen-bond donors (Lipinski definition) is 2. The number of carbonyl (C=O) groups is 2. The van der Waals surface area contributed by atoms with E-state index in [-0.39, 0.29) is 17.5 Å². The van der Waals surface area contributed by atoms with Crippen LogP contribution in [-0.4, -0.2) is 36.9 Å². The van der Waals surface area contributed by atoms with Crippen LogP contribution in [0.15, 0.2) is 60.8 Å². The Morgan fingerprint density at radius 3 is 2.60 bits per heavy atom. The molecule has 2 N–H and O–H groups in total. The van der Waals surface area contributed by atoms with Gasteiger partial charge in [0.25, 0.3) is 11.8 Å². The molecule has 1 aliphatic rings. The maximum Gasteiger partial charge on any atom is 0.416 e. The highest BCUT2D eigenvalue weighted by molar-refractivity contribution is 6.04. The van der Waals surface area contributed by atoms with Crippen LogP contribution in [0.3, 0.4) is 0 Å². The Labute approximate surface area is 201 Å². The summed E-state index contributed by atoms with van der Waals surface area (Å²) in [5.41, 5.74) is 2.95. The maximum absolute atomic E-state index is 13.0. The van der Waals surface area contributed by atoms with Crippen molar-refractivity contribution in [2.24, 2.45) is 0 Å². The fraction of sp³-hybridized carbons (Fsp3) is 0.269. The third-order valence-electron chi connectivity index (χ3n) is 6.19. The molecular weight excluding hydrogens is 457 g/mol. The maximum atomic E-state index is 13.0. The van der Waals surface area contributed by atoms with Gasteiger partial charge in [-0.1, -0.05) is 12.1 Å². The van der Waals surface area contributed by atoms with E-state index < -0.39 is 17.6 Å². The minimum Gasteiger partial charge on any atom is -0.371 e. The second-order valence-electron chi connectivity index (χ2n) is 8.51. The number of amides is 2. The number of hydrogen-bond acceptors (Lipinski definition) is 4. The van der Waals surface area contributed by atoms with Crippen molar-refractivity contribution in [3.63, 3.8) is 0 Å². The van der Waals surface area contributed by atoms with Gasteiger partial charge >= 0.3 is 6.18 Å². The number of rotatable bonds is 5. The monoisotopic (exact) mass is 482 g/mol. The normalized spacial score (nSPS) is 15.7. The molecule has 3 aromatic rings. The zero-order valence-electron chi connectivity index (χ0n) is 19.3. The number of pyridine rings is 1. The molecule has 0 bridgehead atoms. The van der Waals surface area contributed by atoms with Crippen molar-refractivity contribution >= 4 is 23.2 Å². The van der Waals surface area contributed by atoms with Crippen molar-refractivity contribution in [1.29, 1.82) is 0 Å². The van der Waals surface area contributed by atoms with E-state index in [9.17, 15) is 22.8 Å². The third kappa shape index (κ3) is 5.45. The Kier molecular flexibility index (Phi) is 6.77. The molecule has 0 aliphatic carbocycles. The van der Waals surface area contributed by atoms with E-state index in [0.717, 1.165) is 41.9 Å². The molecule has 9 heteroatoms. The molecule has 0 spiro atoms. The molecule has 1 aromatic heterocycles. The van der Waals surface area contributed by atoms with Gasteiger partial charge in [-0.25, -0.2) is 0 Å². The van der Waals surface area contributed by atoms with E-state index >= 15 is 0 Å². The molecule has 6 nitrogen and oxygen atoms in total. The summed E-state index contributed by atoms with van der Waals surface area (Å²) in [5.74, 6) is -0.560. The van der Waals surface area contributed by atoms with E-state index in [1.54, 1.807) is 25.4 Å². The number of benzene rings is 2. The topological polar surface area (TPSA) is 74.3 Å². The molecule has 35 heavy (non-hydrogen) atoms. The molecule has 182 valence electrons. The van der Waals surface area contributed by atoms with E-state index in [1.165, 1.54) is 12.1 Å². The highest BCUT2D eigenvalue weighted by Gasteiger charge is 2.31. The van der Waals surface area contributed by atoms with Gasteiger partial charge in [0.15, 0.2) is 0 Å². The summed E-state index contributed by atoms with van der Waals surface area (Å²) in [4.78, 5) is 31.0. The second kappa shape index (κ2) is 9.77. The van der Waals surface area contributed by atoms with Crippen molar-refractivity contribution in [2.75, 3.05) is 30.4 Å². The Hall–Kier alpha value is -3.88. The summed E-state index contributed by atoms with van der Waals surface area (Å²) in [7, 11) is 1.56. The lowest BCUT2D eigenvalue weighted by Gasteiger charge is -2.20. The highest BCUT2D eigenvalue weighted by Crippen LogP contribution is 2.34. The second-order valence-corrected chi connectivity index (χ2v) is 8.51. The zero-order chi connectivity index (χ0) is 25.2.